The van der Waals surface area contributed by atoms with Crippen molar-refractivity contribution in [3.05, 3.63) is 0 Å². The second-order valence-electron chi connectivity index (χ2n) is 4.83. The first kappa shape index (κ1) is 12.5. The smallest absolute Gasteiger partial charge is 0.109 e. The first-order valence-corrected chi connectivity index (χ1v) is 5.93. The Morgan fingerprint density at radius 3 is 2.80 bits per heavy atom. The molecule has 15 heavy (non-hydrogen) atoms. The molecule has 1 rings (SSSR count). The Morgan fingerprint density at radius 2 is 2.27 bits per heavy atom. The zero-order chi connectivity index (χ0) is 11.3. The standard InChI is InChI=1S/C12H22N2O/c1-10(2)11-5-3-4-6-12(11,9-13)14-7-8-15/h10-11,14-15H,3-8H2,1-2H3. The van der Waals surface area contributed by atoms with Crippen LogP contribution in [0.4, 0.5) is 0 Å². The van der Waals surface area contributed by atoms with Gasteiger partial charge < -0.3 is 5.11 Å². The summed E-state index contributed by atoms with van der Waals surface area (Å²) in [6.07, 6.45) is 4.40. The lowest BCUT2D eigenvalue weighted by Gasteiger charge is -2.41. The summed E-state index contributed by atoms with van der Waals surface area (Å²) in [5.74, 6) is 0.943. The molecule has 86 valence electrons. The van der Waals surface area contributed by atoms with E-state index in [1.807, 2.05) is 0 Å². The predicted octanol–water partition coefficient (Wildman–Crippen LogP) is 1.68. The van der Waals surface area contributed by atoms with Gasteiger partial charge in [0.2, 0.25) is 0 Å². The van der Waals surface area contributed by atoms with Gasteiger partial charge in [0.25, 0.3) is 0 Å². The molecular formula is C12H22N2O. The molecule has 0 spiro atoms. The SMILES string of the molecule is CC(C)C1CCCCC1(C#N)NCCO. The molecule has 0 heterocycles. The molecule has 0 bridgehead atoms. The van der Waals surface area contributed by atoms with Gasteiger partial charge in [-0.25, -0.2) is 0 Å². The minimum atomic E-state index is -0.394. The number of nitriles is 1. The maximum atomic E-state index is 9.39. The second-order valence-corrected chi connectivity index (χ2v) is 4.83. The van der Waals surface area contributed by atoms with Crippen LogP contribution in [0, 0.1) is 23.2 Å². The maximum Gasteiger partial charge on any atom is 0.109 e. The lowest BCUT2D eigenvalue weighted by atomic mass is 9.68. The minimum absolute atomic E-state index is 0.105. The van der Waals surface area contributed by atoms with Gasteiger partial charge in [-0.2, -0.15) is 5.26 Å². The first-order chi connectivity index (χ1) is 7.16. The molecule has 2 N–H and O–H groups in total. The Bertz CT molecular complexity index is 234. The molecule has 3 heteroatoms. The Balaban J connectivity index is 2.77. The summed E-state index contributed by atoms with van der Waals surface area (Å²) in [6, 6.07) is 2.46. The van der Waals surface area contributed by atoms with Crippen molar-refractivity contribution in [2.75, 3.05) is 13.2 Å². The predicted molar refractivity (Wildman–Crippen MR) is 60.2 cm³/mol. The zero-order valence-electron chi connectivity index (χ0n) is 9.79. The summed E-state index contributed by atoms with van der Waals surface area (Å²) in [5.41, 5.74) is -0.394. The Kier molecular flexibility index (Phi) is 4.56. The van der Waals surface area contributed by atoms with E-state index in [-0.39, 0.29) is 6.61 Å². The van der Waals surface area contributed by atoms with E-state index < -0.39 is 5.54 Å². The van der Waals surface area contributed by atoms with Crippen LogP contribution in [0.3, 0.4) is 0 Å². The van der Waals surface area contributed by atoms with Gasteiger partial charge >= 0.3 is 0 Å². The molecule has 1 aliphatic carbocycles. The molecule has 1 aliphatic rings. The third-order valence-electron chi connectivity index (χ3n) is 3.53. The van der Waals surface area contributed by atoms with E-state index in [0.717, 1.165) is 19.3 Å². The third kappa shape index (κ3) is 2.70. The summed E-state index contributed by atoms with van der Waals surface area (Å²) < 4.78 is 0. The van der Waals surface area contributed by atoms with Crippen molar-refractivity contribution in [2.24, 2.45) is 11.8 Å². The van der Waals surface area contributed by atoms with Gasteiger partial charge in [-0.05, 0) is 24.7 Å². The molecule has 0 aromatic heterocycles. The van der Waals surface area contributed by atoms with Gasteiger partial charge in [-0.3, -0.25) is 5.32 Å². The number of nitrogens with zero attached hydrogens (tertiary/aromatic N) is 1. The van der Waals surface area contributed by atoms with Crippen LogP contribution in [0.2, 0.25) is 0 Å². The molecule has 1 fully saturated rings. The zero-order valence-corrected chi connectivity index (χ0v) is 9.79. The monoisotopic (exact) mass is 210 g/mol. The van der Waals surface area contributed by atoms with E-state index in [4.69, 9.17) is 5.11 Å². The fourth-order valence-corrected chi connectivity index (χ4v) is 2.78. The summed E-state index contributed by atoms with van der Waals surface area (Å²) in [6.45, 7) is 5.00. The van der Waals surface area contributed by atoms with E-state index in [1.165, 1.54) is 6.42 Å². The molecule has 0 amide bonds. The number of aliphatic hydroxyl groups excluding tert-OH is 1. The Morgan fingerprint density at radius 1 is 1.53 bits per heavy atom. The van der Waals surface area contributed by atoms with Crippen molar-refractivity contribution >= 4 is 0 Å². The molecule has 0 radical (unpaired) electrons. The molecule has 0 aromatic carbocycles. The molecule has 0 aliphatic heterocycles. The molecule has 2 atom stereocenters. The first-order valence-electron chi connectivity index (χ1n) is 5.93. The quantitative estimate of drug-likeness (QED) is 0.742. The van der Waals surface area contributed by atoms with Crippen LogP contribution < -0.4 is 5.32 Å². The van der Waals surface area contributed by atoms with Crippen LogP contribution in [0.15, 0.2) is 0 Å². The van der Waals surface area contributed by atoms with Crippen LogP contribution in [-0.2, 0) is 0 Å². The van der Waals surface area contributed by atoms with Gasteiger partial charge in [-0.15, -0.1) is 0 Å². The van der Waals surface area contributed by atoms with E-state index in [1.54, 1.807) is 0 Å². The topological polar surface area (TPSA) is 56.0 Å². The van der Waals surface area contributed by atoms with Gasteiger partial charge in [0, 0.05) is 6.54 Å². The third-order valence-corrected chi connectivity index (χ3v) is 3.53. The summed E-state index contributed by atoms with van der Waals surface area (Å²) >= 11 is 0. The highest BCUT2D eigenvalue weighted by atomic mass is 16.3. The summed E-state index contributed by atoms with van der Waals surface area (Å²) in [7, 11) is 0. The van der Waals surface area contributed by atoms with Crippen molar-refractivity contribution in [1.82, 2.24) is 5.32 Å². The molecule has 0 aromatic rings. The summed E-state index contributed by atoms with van der Waals surface area (Å²) in [4.78, 5) is 0. The van der Waals surface area contributed by atoms with Crippen LogP contribution >= 0.6 is 0 Å². The highest BCUT2D eigenvalue weighted by Crippen LogP contribution is 2.37. The average molecular weight is 210 g/mol. The van der Waals surface area contributed by atoms with Crippen molar-refractivity contribution in [3.8, 4) is 6.07 Å². The van der Waals surface area contributed by atoms with Crippen molar-refractivity contribution in [1.29, 1.82) is 5.26 Å². The van der Waals surface area contributed by atoms with Crippen LogP contribution in [-0.4, -0.2) is 23.8 Å². The number of hydrogen-bond donors (Lipinski definition) is 2. The number of rotatable bonds is 4. The fourth-order valence-electron chi connectivity index (χ4n) is 2.78. The fraction of sp³-hybridized carbons (Fsp3) is 0.917. The molecule has 3 nitrogen and oxygen atoms in total. The molecular weight excluding hydrogens is 188 g/mol. The number of nitrogens with one attached hydrogen (secondary N) is 1. The lowest BCUT2D eigenvalue weighted by Crippen LogP contribution is -2.54. The van der Waals surface area contributed by atoms with E-state index in [9.17, 15) is 5.26 Å². The maximum absolute atomic E-state index is 9.39. The number of hydrogen-bond acceptors (Lipinski definition) is 3. The normalized spacial score (nSPS) is 31.5. The lowest BCUT2D eigenvalue weighted by molar-refractivity contribution is 0.141. The van der Waals surface area contributed by atoms with E-state index >= 15 is 0 Å². The highest BCUT2D eigenvalue weighted by Gasteiger charge is 2.41. The number of aliphatic hydroxyl groups is 1. The summed E-state index contributed by atoms with van der Waals surface area (Å²) in [5, 5.41) is 21.5. The molecule has 1 saturated carbocycles. The molecule has 0 saturated heterocycles. The molecule has 2 unspecified atom stereocenters. The largest absolute Gasteiger partial charge is 0.395 e. The van der Waals surface area contributed by atoms with Crippen molar-refractivity contribution in [3.63, 3.8) is 0 Å². The average Bonchev–Trinajstić information content (AvgIpc) is 2.26. The number of β-amino-alcohol motifs (C(OH)–C–C–N with tert-alkyl or cyclic N) is 1. The van der Waals surface area contributed by atoms with Crippen LogP contribution in [0.25, 0.3) is 0 Å². The second kappa shape index (κ2) is 5.48. The van der Waals surface area contributed by atoms with Crippen molar-refractivity contribution in [2.45, 2.75) is 45.1 Å². The van der Waals surface area contributed by atoms with E-state index in [0.29, 0.717) is 18.4 Å². The van der Waals surface area contributed by atoms with Gasteiger partial charge in [0.05, 0.1) is 12.7 Å². The highest BCUT2D eigenvalue weighted by molar-refractivity contribution is 5.13. The minimum Gasteiger partial charge on any atom is -0.395 e. The van der Waals surface area contributed by atoms with Crippen LogP contribution in [0.5, 0.6) is 0 Å². The van der Waals surface area contributed by atoms with E-state index in [2.05, 4.69) is 25.2 Å². The Hall–Kier alpha value is -0.590. The van der Waals surface area contributed by atoms with Gasteiger partial charge in [0.1, 0.15) is 5.54 Å². The Labute approximate surface area is 92.5 Å². The van der Waals surface area contributed by atoms with Crippen LogP contribution in [0.1, 0.15) is 39.5 Å². The van der Waals surface area contributed by atoms with Gasteiger partial charge in [-0.1, -0.05) is 26.7 Å². The van der Waals surface area contributed by atoms with Gasteiger partial charge in [0.15, 0.2) is 0 Å². The van der Waals surface area contributed by atoms with Crippen molar-refractivity contribution < 1.29 is 5.11 Å².